The van der Waals surface area contributed by atoms with Gasteiger partial charge in [-0.25, -0.2) is 0 Å². The lowest BCUT2D eigenvalue weighted by Crippen LogP contribution is -2.33. The van der Waals surface area contributed by atoms with Crippen LogP contribution in [0.2, 0.25) is 5.02 Å². The van der Waals surface area contributed by atoms with Crippen molar-refractivity contribution < 1.29 is 19.4 Å². The molecule has 0 bridgehead atoms. The molecule has 1 aliphatic rings. The molecule has 1 aliphatic heterocycles. The topological polar surface area (TPSA) is 59.0 Å². The molecule has 0 fully saturated rings. The first-order valence-corrected chi connectivity index (χ1v) is 9.06. The zero-order valence-corrected chi connectivity index (χ0v) is 15.5. The van der Waals surface area contributed by atoms with Crippen LogP contribution in [0.1, 0.15) is 18.9 Å². The Labute approximate surface area is 158 Å². The molecular formula is C20H22ClNO4. The Morgan fingerprint density at radius 2 is 2.15 bits per heavy atom. The Morgan fingerprint density at radius 1 is 1.31 bits per heavy atom. The van der Waals surface area contributed by atoms with Gasteiger partial charge in [0, 0.05) is 23.7 Å². The second kappa shape index (κ2) is 8.43. The molecule has 2 aromatic carbocycles. The number of halogens is 1. The van der Waals surface area contributed by atoms with Gasteiger partial charge in [-0.1, -0.05) is 23.7 Å². The van der Waals surface area contributed by atoms with Crippen molar-refractivity contribution in [2.24, 2.45) is 0 Å². The number of nitrogens with zero attached hydrogens (tertiary/aromatic N) is 1. The number of hydrogen-bond acceptors (Lipinski definition) is 4. The van der Waals surface area contributed by atoms with Crippen LogP contribution in [-0.2, 0) is 16.1 Å². The van der Waals surface area contributed by atoms with E-state index in [1.807, 2.05) is 31.2 Å². The molecule has 138 valence electrons. The van der Waals surface area contributed by atoms with E-state index in [1.54, 1.807) is 17.0 Å². The molecule has 6 heteroatoms. The summed E-state index contributed by atoms with van der Waals surface area (Å²) in [5, 5.41) is 11.0. The van der Waals surface area contributed by atoms with Gasteiger partial charge in [0.15, 0.2) is 11.5 Å². The molecule has 0 radical (unpaired) electrons. The van der Waals surface area contributed by atoms with Gasteiger partial charge in [0.2, 0.25) is 5.91 Å². The number of hydrogen-bond donors (Lipinski definition) is 1. The number of phenols is 1. The second-order valence-electron chi connectivity index (χ2n) is 6.10. The van der Waals surface area contributed by atoms with Gasteiger partial charge in [0.05, 0.1) is 19.6 Å². The van der Waals surface area contributed by atoms with E-state index in [9.17, 15) is 9.90 Å². The van der Waals surface area contributed by atoms with Gasteiger partial charge < -0.3 is 19.5 Å². The molecule has 0 saturated carbocycles. The zero-order valence-electron chi connectivity index (χ0n) is 14.7. The van der Waals surface area contributed by atoms with Crippen molar-refractivity contribution in [3.8, 4) is 22.6 Å². The molecule has 0 unspecified atom stereocenters. The van der Waals surface area contributed by atoms with Crippen LogP contribution in [0.5, 0.6) is 11.5 Å². The van der Waals surface area contributed by atoms with E-state index >= 15 is 0 Å². The summed E-state index contributed by atoms with van der Waals surface area (Å²) in [4.78, 5) is 14.2. The van der Waals surface area contributed by atoms with E-state index < -0.39 is 0 Å². The van der Waals surface area contributed by atoms with Gasteiger partial charge in [-0.3, -0.25) is 4.79 Å². The molecule has 1 heterocycles. The number of aromatic hydroxyl groups is 1. The smallest absolute Gasteiger partial charge is 0.225 e. The maximum absolute atomic E-state index is 12.4. The Morgan fingerprint density at radius 3 is 2.92 bits per heavy atom. The molecule has 0 saturated heterocycles. The molecular weight excluding hydrogens is 354 g/mol. The highest BCUT2D eigenvalue weighted by molar-refractivity contribution is 6.30. The van der Waals surface area contributed by atoms with Gasteiger partial charge in [-0.05, 0) is 42.3 Å². The van der Waals surface area contributed by atoms with Gasteiger partial charge in [-0.15, -0.1) is 0 Å². The van der Waals surface area contributed by atoms with Crippen molar-refractivity contribution in [2.45, 2.75) is 19.9 Å². The average molecular weight is 376 g/mol. The number of fused-ring (bicyclic) bond motifs is 1. The number of benzene rings is 2. The first-order valence-electron chi connectivity index (χ1n) is 8.68. The molecule has 0 aromatic heterocycles. The maximum atomic E-state index is 12.4. The highest BCUT2D eigenvalue weighted by Crippen LogP contribution is 2.38. The van der Waals surface area contributed by atoms with E-state index in [0.29, 0.717) is 50.1 Å². The third kappa shape index (κ3) is 4.29. The maximum Gasteiger partial charge on any atom is 0.225 e. The monoisotopic (exact) mass is 375 g/mol. The van der Waals surface area contributed by atoms with Gasteiger partial charge in [-0.2, -0.15) is 0 Å². The quantitative estimate of drug-likeness (QED) is 0.806. The van der Waals surface area contributed by atoms with Crippen LogP contribution < -0.4 is 4.74 Å². The Balaban J connectivity index is 1.86. The first-order chi connectivity index (χ1) is 12.6. The Hall–Kier alpha value is -2.24. The Kier molecular flexibility index (Phi) is 6.01. The Bertz CT molecular complexity index is 793. The molecule has 0 spiro atoms. The lowest BCUT2D eigenvalue weighted by atomic mass is 10.0. The van der Waals surface area contributed by atoms with Crippen molar-refractivity contribution in [2.75, 3.05) is 26.4 Å². The number of phenolic OH excluding ortho intramolecular Hbond substituents is 1. The molecule has 3 rings (SSSR count). The summed E-state index contributed by atoms with van der Waals surface area (Å²) in [7, 11) is 0. The van der Waals surface area contributed by atoms with Crippen molar-refractivity contribution in [3.05, 3.63) is 47.0 Å². The number of rotatable bonds is 5. The minimum Gasteiger partial charge on any atom is -0.504 e. The fraction of sp³-hybridized carbons (Fsp3) is 0.350. The van der Waals surface area contributed by atoms with Crippen LogP contribution in [0.15, 0.2) is 36.4 Å². The van der Waals surface area contributed by atoms with Gasteiger partial charge >= 0.3 is 0 Å². The second-order valence-corrected chi connectivity index (χ2v) is 6.54. The average Bonchev–Trinajstić information content (AvgIpc) is 2.85. The lowest BCUT2D eigenvalue weighted by molar-refractivity contribution is -0.133. The van der Waals surface area contributed by atoms with Crippen molar-refractivity contribution >= 4 is 17.5 Å². The minimum absolute atomic E-state index is 0.0162. The summed E-state index contributed by atoms with van der Waals surface area (Å²) in [6.07, 6.45) is 0.336. The largest absolute Gasteiger partial charge is 0.504 e. The fourth-order valence-electron chi connectivity index (χ4n) is 3.01. The van der Waals surface area contributed by atoms with Crippen LogP contribution in [0.25, 0.3) is 11.1 Å². The van der Waals surface area contributed by atoms with Gasteiger partial charge in [0.25, 0.3) is 0 Å². The van der Waals surface area contributed by atoms with Crippen LogP contribution in [0.3, 0.4) is 0 Å². The number of amides is 1. The van der Waals surface area contributed by atoms with E-state index in [1.165, 1.54) is 0 Å². The predicted molar refractivity (Wildman–Crippen MR) is 101 cm³/mol. The lowest BCUT2D eigenvalue weighted by Gasteiger charge is -2.20. The molecule has 0 atom stereocenters. The highest BCUT2D eigenvalue weighted by Gasteiger charge is 2.22. The fourth-order valence-corrected chi connectivity index (χ4v) is 3.20. The summed E-state index contributed by atoms with van der Waals surface area (Å²) in [5.41, 5.74) is 2.51. The molecule has 0 aliphatic carbocycles. The molecule has 5 nitrogen and oxygen atoms in total. The number of ether oxygens (including phenoxy) is 2. The van der Waals surface area contributed by atoms with E-state index in [-0.39, 0.29) is 11.7 Å². The van der Waals surface area contributed by atoms with E-state index in [0.717, 1.165) is 16.7 Å². The summed E-state index contributed by atoms with van der Waals surface area (Å²) in [6, 6.07) is 11.0. The number of carbonyl (C=O) groups excluding carboxylic acids is 1. The third-order valence-corrected chi connectivity index (χ3v) is 4.53. The minimum atomic E-state index is 0.0162. The summed E-state index contributed by atoms with van der Waals surface area (Å²) in [5.74, 6) is 0.527. The summed E-state index contributed by atoms with van der Waals surface area (Å²) < 4.78 is 11.0. The number of carbonyl (C=O) groups is 1. The standard InChI is InChI=1S/C20H22ClNO4/c1-2-25-8-6-19(24)22-7-9-26-20-16(13-22)10-15(12-18(20)23)14-4-3-5-17(21)11-14/h3-5,10-12,23H,2,6-9,13H2,1H3. The third-order valence-electron chi connectivity index (χ3n) is 4.29. The molecule has 1 amide bonds. The molecule has 26 heavy (non-hydrogen) atoms. The summed E-state index contributed by atoms with van der Waals surface area (Å²) >= 11 is 6.08. The summed E-state index contributed by atoms with van der Waals surface area (Å²) in [6.45, 7) is 4.12. The van der Waals surface area contributed by atoms with Crippen molar-refractivity contribution in [1.82, 2.24) is 4.90 Å². The van der Waals surface area contributed by atoms with Gasteiger partial charge in [0.1, 0.15) is 6.61 Å². The van der Waals surface area contributed by atoms with Crippen molar-refractivity contribution in [1.29, 1.82) is 0 Å². The molecule has 1 N–H and O–H groups in total. The first kappa shape index (κ1) is 18.5. The SMILES string of the molecule is CCOCCC(=O)N1CCOc2c(O)cc(-c3cccc(Cl)c3)cc2C1. The van der Waals surface area contributed by atoms with Crippen LogP contribution in [-0.4, -0.2) is 42.3 Å². The van der Waals surface area contributed by atoms with E-state index in [2.05, 4.69) is 0 Å². The van der Waals surface area contributed by atoms with Crippen LogP contribution in [0.4, 0.5) is 0 Å². The predicted octanol–water partition coefficient (Wildman–Crippen LogP) is 3.86. The highest BCUT2D eigenvalue weighted by atomic mass is 35.5. The van der Waals surface area contributed by atoms with E-state index in [4.69, 9.17) is 21.1 Å². The normalized spacial score (nSPS) is 13.7. The van der Waals surface area contributed by atoms with Crippen LogP contribution >= 0.6 is 11.6 Å². The molecule has 2 aromatic rings. The van der Waals surface area contributed by atoms with Crippen LogP contribution in [0, 0.1) is 0 Å². The zero-order chi connectivity index (χ0) is 18.5. The van der Waals surface area contributed by atoms with Crippen molar-refractivity contribution in [3.63, 3.8) is 0 Å².